The maximum Gasteiger partial charge on any atom is 0.343 e. The van der Waals surface area contributed by atoms with Crippen molar-refractivity contribution in [3.8, 4) is 29.4 Å². The van der Waals surface area contributed by atoms with E-state index in [-0.39, 0.29) is 5.97 Å². The summed E-state index contributed by atoms with van der Waals surface area (Å²) in [5, 5.41) is 0. The second-order valence-electron chi connectivity index (χ2n) is 7.95. The number of carbonyl (C=O) groups is 1. The molecule has 0 saturated heterocycles. The van der Waals surface area contributed by atoms with Crippen LogP contribution in [0.4, 0.5) is 0 Å². The van der Waals surface area contributed by atoms with Crippen molar-refractivity contribution in [2.75, 3.05) is 0 Å². The van der Waals surface area contributed by atoms with Gasteiger partial charge in [0.15, 0.2) is 0 Å². The van der Waals surface area contributed by atoms with Crippen LogP contribution in [-0.2, 0) is 6.42 Å². The summed E-state index contributed by atoms with van der Waals surface area (Å²) in [5.41, 5.74) is 4.60. The lowest BCUT2D eigenvalue weighted by Gasteiger charge is -2.05. The second kappa shape index (κ2) is 12.9. The molecule has 0 fully saturated rings. The Bertz CT molecular complexity index is 1150. The minimum absolute atomic E-state index is 0.353. The number of ether oxygens (including phenoxy) is 1. The van der Waals surface area contributed by atoms with E-state index in [9.17, 15) is 4.79 Å². The van der Waals surface area contributed by atoms with Gasteiger partial charge in [0.1, 0.15) is 5.75 Å². The molecular weight excluding hydrogens is 404 g/mol. The summed E-state index contributed by atoms with van der Waals surface area (Å²) >= 11 is 0. The Morgan fingerprint density at radius 2 is 1.24 bits per heavy atom. The van der Waals surface area contributed by atoms with Gasteiger partial charge in [-0.2, -0.15) is 0 Å². The van der Waals surface area contributed by atoms with E-state index in [1.165, 1.54) is 12.0 Å². The van der Waals surface area contributed by atoms with Crippen LogP contribution in [0.5, 0.6) is 5.75 Å². The molecule has 0 heterocycles. The predicted molar refractivity (Wildman–Crippen MR) is 135 cm³/mol. The molecule has 166 valence electrons. The van der Waals surface area contributed by atoms with Crippen LogP contribution in [0, 0.1) is 23.7 Å². The third-order valence-electron chi connectivity index (χ3n) is 5.20. The van der Waals surface area contributed by atoms with Gasteiger partial charge in [0.2, 0.25) is 0 Å². The minimum Gasteiger partial charge on any atom is -0.423 e. The fourth-order valence-electron chi connectivity index (χ4n) is 3.17. The van der Waals surface area contributed by atoms with E-state index < -0.39 is 0 Å². The zero-order valence-corrected chi connectivity index (χ0v) is 19.5. The molecule has 0 radical (unpaired) electrons. The summed E-state index contributed by atoms with van der Waals surface area (Å²) in [7, 11) is 0. The van der Waals surface area contributed by atoms with Crippen LogP contribution in [-0.4, -0.2) is 5.97 Å². The molecule has 0 saturated carbocycles. The topological polar surface area (TPSA) is 26.3 Å². The zero-order valence-electron chi connectivity index (χ0n) is 19.5. The highest BCUT2D eigenvalue weighted by molar-refractivity contribution is 5.91. The van der Waals surface area contributed by atoms with Gasteiger partial charge in [-0.15, -0.1) is 0 Å². The van der Waals surface area contributed by atoms with Gasteiger partial charge < -0.3 is 4.74 Å². The first-order valence-electron chi connectivity index (χ1n) is 11.7. The van der Waals surface area contributed by atoms with Crippen LogP contribution >= 0.6 is 0 Å². The Morgan fingerprint density at radius 3 is 1.82 bits per heavy atom. The third kappa shape index (κ3) is 8.03. The number of esters is 1. The van der Waals surface area contributed by atoms with Crippen LogP contribution in [0.15, 0.2) is 72.8 Å². The van der Waals surface area contributed by atoms with Crippen molar-refractivity contribution in [3.05, 3.63) is 101 Å². The molecule has 0 N–H and O–H groups in total. The van der Waals surface area contributed by atoms with E-state index in [0.717, 1.165) is 48.8 Å². The summed E-state index contributed by atoms with van der Waals surface area (Å²) in [6, 6.07) is 22.9. The number of hydrogen-bond donors (Lipinski definition) is 0. The van der Waals surface area contributed by atoms with E-state index in [2.05, 4.69) is 37.5 Å². The predicted octanol–water partition coefficient (Wildman–Crippen LogP) is 7.19. The number of aryl methyl sites for hydroxylation is 1. The van der Waals surface area contributed by atoms with Gasteiger partial charge >= 0.3 is 5.97 Å². The minimum atomic E-state index is -0.353. The van der Waals surface area contributed by atoms with Crippen LogP contribution in [0.1, 0.15) is 78.6 Å². The largest absolute Gasteiger partial charge is 0.423 e. The SMILES string of the molecule is CCCCC#Cc1ccc(C#Cc2ccc(OC(=O)c3ccc(CCCC)cc3)cc2)cc1. The van der Waals surface area contributed by atoms with E-state index in [4.69, 9.17) is 4.74 Å². The molecule has 33 heavy (non-hydrogen) atoms. The molecule has 0 atom stereocenters. The molecule has 0 spiro atoms. The summed E-state index contributed by atoms with van der Waals surface area (Å²) in [6.45, 7) is 4.34. The Morgan fingerprint density at radius 1 is 0.697 bits per heavy atom. The van der Waals surface area contributed by atoms with Crippen molar-refractivity contribution in [3.63, 3.8) is 0 Å². The molecule has 0 aliphatic rings. The summed E-state index contributed by atoms with van der Waals surface area (Å²) in [4.78, 5) is 12.4. The fraction of sp³-hybridized carbons (Fsp3) is 0.258. The van der Waals surface area contributed by atoms with Gasteiger partial charge in [0.25, 0.3) is 0 Å². The van der Waals surface area contributed by atoms with Crippen molar-refractivity contribution in [2.24, 2.45) is 0 Å². The molecule has 3 rings (SSSR count). The lowest BCUT2D eigenvalue weighted by atomic mass is 10.1. The summed E-state index contributed by atoms with van der Waals surface area (Å²) in [6.07, 6.45) is 6.59. The molecule has 2 heteroatoms. The first kappa shape index (κ1) is 23.9. The lowest BCUT2D eigenvalue weighted by Crippen LogP contribution is -2.08. The van der Waals surface area contributed by atoms with E-state index in [0.29, 0.717) is 11.3 Å². The Kier molecular flexibility index (Phi) is 9.38. The fourth-order valence-corrected chi connectivity index (χ4v) is 3.17. The maximum absolute atomic E-state index is 12.4. The number of rotatable bonds is 7. The molecular formula is C31H30O2. The van der Waals surface area contributed by atoms with Gasteiger partial charge in [0.05, 0.1) is 5.56 Å². The summed E-state index contributed by atoms with van der Waals surface area (Å²) in [5.74, 6) is 12.8. The maximum atomic E-state index is 12.4. The molecule has 3 aromatic carbocycles. The van der Waals surface area contributed by atoms with Crippen molar-refractivity contribution >= 4 is 5.97 Å². The second-order valence-corrected chi connectivity index (χ2v) is 7.95. The highest BCUT2D eigenvalue weighted by Crippen LogP contribution is 2.15. The van der Waals surface area contributed by atoms with E-state index in [1.54, 1.807) is 12.1 Å². The quantitative estimate of drug-likeness (QED) is 0.170. The van der Waals surface area contributed by atoms with Crippen LogP contribution in [0.3, 0.4) is 0 Å². The van der Waals surface area contributed by atoms with Gasteiger partial charge in [-0.3, -0.25) is 0 Å². The Labute approximate surface area is 198 Å². The highest BCUT2D eigenvalue weighted by atomic mass is 16.5. The van der Waals surface area contributed by atoms with Crippen LogP contribution < -0.4 is 4.74 Å². The van der Waals surface area contributed by atoms with E-state index in [1.807, 2.05) is 60.7 Å². The van der Waals surface area contributed by atoms with E-state index >= 15 is 0 Å². The third-order valence-corrected chi connectivity index (χ3v) is 5.20. The van der Waals surface area contributed by atoms with Crippen LogP contribution in [0.2, 0.25) is 0 Å². The molecule has 3 aromatic rings. The molecule has 2 nitrogen and oxygen atoms in total. The number of carbonyl (C=O) groups excluding carboxylic acids is 1. The van der Waals surface area contributed by atoms with Gasteiger partial charge in [-0.25, -0.2) is 4.79 Å². The normalized spacial score (nSPS) is 9.88. The first-order chi connectivity index (χ1) is 16.2. The average molecular weight is 435 g/mol. The smallest absolute Gasteiger partial charge is 0.343 e. The van der Waals surface area contributed by atoms with Crippen molar-refractivity contribution in [2.45, 2.75) is 52.4 Å². The van der Waals surface area contributed by atoms with Gasteiger partial charge in [-0.1, -0.05) is 62.5 Å². The van der Waals surface area contributed by atoms with Crippen molar-refractivity contribution in [1.82, 2.24) is 0 Å². The number of hydrogen-bond acceptors (Lipinski definition) is 2. The van der Waals surface area contributed by atoms with Crippen LogP contribution in [0.25, 0.3) is 0 Å². The molecule has 0 bridgehead atoms. The Hall–Kier alpha value is -3.75. The zero-order chi connectivity index (χ0) is 23.3. The summed E-state index contributed by atoms with van der Waals surface area (Å²) < 4.78 is 5.50. The lowest BCUT2D eigenvalue weighted by molar-refractivity contribution is 0.0734. The standard InChI is InChI=1S/C31H30O2/c1-3-5-7-8-10-26-11-13-27(14-12-26)15-16-28-19-23-30(24-20-28)33-31(32)29-21-17-25(18-22-29)9-6-4-2/h11-14,17-24H,3-7,9H2,1-2H3. The monoisotopic (exact) mass is 434 g/mol. The molecule has 0 aliphatic carbocycles. The highest BCUT2D eigenvalue weighted by Gasteiger charge is 2.08. The van der Waals surface area contributed by atoms with Crippen molar-refractivity contribution < 1.29 is 9.53 Å². The number of benzene rings is 3. The first-order valence-corrected chi connectivity index (χ1v) is 11.7. The van der Waals surface area contributed by atoms with Gasteiger partial charge in [-0.05, 0) is 85.5 Å². The molecule has 0 aromatic heterocycles. The molecule has 0 aliphatic heterocycles. The average Bonchev–Trinajstić information content (AvgIpc) is 2.86. The molecule has 0 unspecified atom stereocenters. The van der Waals surface area contributed by atoms with Crippen molar-refractivity contribution in [1.29, 1.82) is 0 Å². The Balaban J connectivity index is 1.55. The molecule has 0 amide bonds. The number of unbranched alkanes of at least 4 members (excludes halogenated alkanes) is 3. The van der Waals surface area contributed by atoms with Gasteiger partial charge in [0, 0.05) is 23.1 Å².